The predicted octanol–water partition coefficient (Wildman–Crippen LogP) is 4.73. The Labute approximate surface area is 198 Å². The van der Waals surface area contributed by atoms with Crippen LogP contribution in [0.5, 0.6) is 17.2 Å². The Morgan fingerprint density at radius 3 is 2.56 bits per heavy atom. The molecule has 13 heteroatoms. The zero-order valence-corrected chi connectivity index (χ0v) is 19.2. The molecule has 3 rings (SSSR count). The quantitative estimate of drug-likeness (QED) is 0.179. The Morgan fingerprint density at radius 1 is 1.16 bits per heavy atom. The van der Waals surface area contributed by atoms with Gasteiger partial charge >= 0.3 is 5.69 Å². The van der Waals surface area contributed by atoms with Crippen LogP contribution >= 0.6 is 33.9 Å². The van der Waals surface area contributed by atoms with Crippen molar-refractivity contribution in [1.82, 2.24) is 5.43 Å². The van der Waals surface area contributed by atoms with E-state index in [0.29, 0.717) is 14.0 Å². The van der Waals surface area contributed by atoms with E-state index in [1.807, 2.05) is 22.6 Å². The lowest BCUT2D eigenvalue weighted by Gasteiger charge is -2.13. The van der Waals surface area contributed by atoms with Crippen molar-refractivity contribution < 1.29 is 24.1 Å². The number of rotatable bonds is 8. The van der Waals surface area contributed by atoms with Gasteiger partial charge in [0.2, 0.25) is 5.75 Å². The van der Waals surface area contributed by atoms with E-state index in [4.69, 9.17) is 9.47 Å². The molecule has 0 spiro atoms. The normalized spacial score (nSPS) is 10.7. The molecule has 0 atom stereocenters. The van der Waals surface area contributed by atoms with Crippen molar-refractivity contribution in [2.24, 2.45) is 5.10 Å². The van der Waals surface area contributed by atoms with Gasteiger partial charge in [-0.1, -0.05) is 6.07 Å². The molecule has 0 saturated carbocycles. The van der Waals surface area contributed by atoms with Crippen LogP contribution in [0, 0.1) is 23.8 Å². The highest BCUT2D eigenvalue weighted by Gasteiger charge is 2.23. The van der Waals surface area contributed by atoms with Crippen LogP contribution in [-0.4, -0.2) is 29.1 Å². The third-order valence-corrected chi connectivity index (χ3v) is 5.61. The maximum atomic E-state index is 11.9. The molecule has 0 aliphatic carbocycles. The molecular weight excluding hydrogens is 555 g/mol. The number of hydrazone groups is 1. The standard InChI is InChI=1S/C19H13IN4O7S/c1-30-16-8-11(10-21-22-19(25)17-3-2-6-32-17)7-13(20)18(16)31-15-5-4-12(23(26)27)9-14(15)24(28)29/h2-10H,1H3,(H,22,25). The van der Waals surface area contributed by atoms with E-state index in [-0.39, 0.29) is 23.2 Å². The van der Waals surface area contributed by atoms with Crippen molar-refractivity contribution in [2.45, 2.75) is 0 Å². The Bertz CT molecular complexity index is 1210. The number of methoxy groups -OCH3 is 1. The number of hydrogen-bond donors (Lipinski definition) is 1. The van der Waals surface area contributed by atoms with Gasteiger partial charge in [0.15, 0.2) is 11.5 Å². The Balaban J connectivity index is 1.86. The molecule has 0 radical (unpaired) electrons. The fourth-order valence-electron chi connectivity index (χ4n) is 2.50. The maximum Gasteiger partial charge on any atom is 0.318 e. The summed E-state index contributed by atoms with van der Waals surface area (Å²) in [4.78, 5) is 33.2. The van der Waals surface area contributed by atoms with Crippen molar-refractivity contribution in [1.29, 1.82) is 0 Å². The predicted molar refractivity (Wildman–Crippen MR) is 125 cm³/mol. The van der Waals surface area contributed by atoms with Gasteiger partial charge in [-0.3, -0.25) is 25.0 Å². The molecule has 1 amide bonds. The molecule has 0 aliphatic heterocycles. The average molecular weight is 568 g/mol. The fraction of sp³-hybridized carbons (Fsp3) is 0.0526. The number of carbonyl (C=O) groups excluding carboxylic acids is 1. The van der Waals surface area contributed by atoms with Gasteiger partial charge in [0.25, 0.3) is 11.6 Å². The average Bonchev–Trinajstić information content (AvgIpc) is 3.30. The molecule has 0 aliphatic rings. The number of non-ortho nitro benzene ring substituents is 1. The lowest BCUT2D eigenvalue weighted by atomic mass is 10.2. The summed E-state index contributed by atoms with van der Waals surface area (Å²) in [5.74, 6) is -0.0924. The van der Waals surface area contributed by atoms with E-state index in [2.05, 4.69) is 10.5 Å². The van der Waals surface area contributed by atoms with Gasteiger partial charge in [-0.05, 0) is 57.8 Å². The number of nitrogens with zero attached hydrogens (tertiary/aromatic N) is 3. The van der Waals surface area contributed by atoms with Crippen LogP contribution in [0.15, 0.2) is 52.9 Å². The number of carbonyl (C=O) groups is 1. The van der Waals surface area contributed by atoms with E-state index < -0.39 is 21.2 Å². The Morgan fingerprint density at radius 2 is 1.94 bits per heavy atom. The molecule has 1 heterocycles. The Kier molecular flexibility index (Phi) is 7.32. The SMILES string of the molecule is COc1cc(C=NNC(=O)c2cccs2)cc(I)c1Oc1ccc([N+](=O)[O-])cc1[N+](=O)[O-]. The number of halogens is 1. The second kappa shape index (κ2) is 10.1. The summed E-state index contributed by atoms with van der Waals surface area (Å²) in [6.07, 6.45) is 1.41. The van der Waals surface area contributed by atoms with Gasteiger partial charge < -0.3 is 9.47 Å². The fourth-order valence-corrected chi connectivity index (χ4v) is 3.85. The molecule has 1 N–H and O–H groups in total. The molecule has 11 nitrogen and oxygen atoms in total. The molecule has 0 unspecified atom stereocenters. The van der Waals surface area contributed by atoms with E-state index in [1.54, 1.807) is 29.6 Å². The van der Waals surface area contributed by atoms with E-state index in [0.717, 1.165) is 18.2 Å². The zero-order valence-electron chi connectivity index (χ0n) is 16.2. The first-order valence-electron chi connectivity index (χ1n) is 8.65. The number of benzene rings is 2. The molecule has 0 saturated heterocycles. The number of ether oxygens (including phenoxy) is 2. The molecular formula is C19H13IN4O7S. The number of thiophene rings is 1. The largest absolute Gasteiger partial charge is 0.493 e. The molecule has 0 bridgehead atoms. The first-order valence-corrected chi connectivity index (χ1v) is 10.6. The summed E-state index contributed by atoms with van der Waals surface area (Å²) in [6, 6.07) is 9.74. The number of nitro groups is 2. The van der Waals surface area contributed by atoms with Crippen molar-refractivity contribution in [3.63, 3.8) is 0 Å². The summed E-state index contributed by atoms with van der Waals surface area (Å²) in [7, 11) is 1.39. The highest BCUT2D eigenvalue weighted by Crippen LogP contribution is 2.41. The lowest BCUT2D eigenvalue weighted by Crippen LogP contribution is -2.16. The maximum absolute atomic E-state index is 11.9. The topological polar surface area (TPSA) is 146 Å². The monoisotopic (exact) mass is 568 g/mol. The number of hydrogen-bond acceptors (Lipinski definition) is 9. The number of nitrogens with one attached hydrogen (secondary N) is 1. The van der Waals surface area contributed by atoms with Gasteiger partial charge in [-0.15, -0.1) is 11.3 Å². The molecule has 2 aromatic carbocycles. The lowest BCUT2D eigenvalue weighted by molar-refractivity contribution is -0.394. The van der Waals surface area contributed by atoms with E-state index in [1.165, 1.54) is 24.7 Å². The van der Waals surface area contributed by atoms with Crippen LogP contribution in [0.1, 0.15) is 15.2 Å². The minimum Gasteiger partial charge on any atom is -0.493 e. The Hall–Kier alpha value is -3.59. The van der Waals surface area contributed by atoms with Crippen molar-refractivity contribution >= 4 is 57.4 Å². The molecule has 0 fully saturated rings. The highest BCUT2D eigenvalue weighted by molar-refractivity contribution is 14.1. The molecule has 164 valence electrons. The molecule has 1 aromatic heterocycles. The summed E-state index contributed by atoms with van der Waals surface area (Å²) < 4.78 is 11.6. The third kappa shape index (κ3) is 5.36. The molecule has 3 aromatic rings. The van der Waals surface area contributed by atoms with E-state index >= 15 is 0 Å². The first kappa shape index (κ1) is 23.1. The zero-order chi connectivity index (χ0) is 23.3. The van der Waals surface area contributed by atoms with Crippen LogP contribution in [0.4, 0.5) is 11.4 Å². The van der Waals surface area contributed by atoms with Crippen LogP contribution in [0.25, 0.3) is 0 Å². The van der Waals surface area contributed by atoms with Gasteiger partial charge in [-0.2, -0.15) is 5.10 Å². The van der Waals surface area contributed by atoms with Gasteiger partial charge in [-0.25, -0.2) is 5.43 Å². The van der Waals surface area contributed by atoms with Gasteiger partial charge in [0.1, 0.15) is 0 Å². The number of nitro benzene ring substituents is 2. The van der Waals surface area contributed by atoms with Crippen LogP contribution in [0.2, 0.25) is 0 Å². The van der Waals surface area contributed by atoms with Crippen molar-refractivity contribution in [3.8, 4) is 17.2 Å². The minimum absolute atomic E-state index is 0.179. The summed E-state index contributed by atoms with van der Waals surface area (Å²) >= 11 is 3.24. The summed E-state index contributed by atoms with van der Waals surface area (Å²) in [6.45, 7) is 0. The first-order chi connectivity index (χ1) is 15.3. The van der Waals surface area contributed by atoms with Crippen LogP contribution in [0.3, 0.4) is 0 Å². The number of amides is 1. The van der Waals surface area contributed by atoms with E-state index in [9.17, 15) is 25.0 Å². The summed E-state index contributed by atoms with van der Waals surface area (Å²) in [5.41, 5.74) is 2.00. The molecule has 32 heavy (non-hydrogen) atoms. The smallest absolute Gasteiger partial charge is 0.318 e. The van der Waals surface area contributed by atoms with Crippen molar-refractivity contribution in [2.75, 3.05) is 7.11 Å². The minimum atomic E-state index is -0.765. The second-order valence-electron chi connectivity index (χ2n) is 5.98. The van der Waals surface area contributed by atoms with Gasteiger partial charge in [0.05, 0.1) is 37.7 Å². The third-order valence-electron chi connectivity index (χ3n) is 3.94. The van der Waals surface area contributed by atoms with Crippen LogP contribution < -0.4 is 14.9 Å². The van der Waals surface area contributed by atoms with Crippen LogP contribution in [-0.2, 0) is 0 Å². The van der Waals surface area contributed by atoms with Gasteiger partial charge in [0, 0.05) is 6.07 Å². The van der Waals surface area contributed by atoms with Crippen molar-refractivity contribution in [3.05, 3.63) is 82.1 Å². The summed E-state index contributed by atoms with van der Waals surface area (Å²) in [5, 5.41) is 28.0. The highest BCUT2D eigenvalue weighted by atomic mass is 127. The second-order valence-corrected chi connectivity index (χ2v) is 8.09.